The van der Waals surface area contributed by atoms with Crippen LogP contribution in [0, 0.1) is 27.2 Å². The molecule has 12 heteroatoms. The first kappa shape index (κ1) is 25.7. The van der Waals surface area contributed by atoms with Crippen molar-refractivity contribution in [2.24, 2.45) is 0 Å². The van der Waals surface area contributed by atoms with Crippen LogP contribution in [-0.4, -0.2) is 22.9 Å². The highest BCUT2D eigenvalue weighted by Crippen LogP contribution is 2.31. The van der Waals surface area contributed by atoms with Gasteiger partial charge in [-0.2, -0.15) is 0 Å². The number of ether oxygens (including phenoxy) is 3. The lowest BCUT2D eigenvalue weighted by molar-refractivity contribution is -0.385. The summed E-state index contributed by atoms with van der Waals surface area (Å²) in [5.41, 5.74) is 0.272. The Bertz CT molecular complexity index is 1500. The van der Waals surface area contributed by atoms with E-state index in [0.29, 0.717) is 28.6 Å². The number of amides is 1. The van der Waals surface area contributed by atoms with Gasteiger partial charge >= 0.3 is 0 Å². The van der Waals surface area contributed by atoms with E-state index < -0.39 is 15.8 Å². The number of carbonyl (C=O) groups is 1. The average Bonchev–Trinajstić information content (AvgIpc) is 3.37. The molecule has 1 aromatic heterocycles. The first-order chi connectivity index (χ1) is 18.2. The zero-order valence-electron chi connectivity index (χ0n) is 20.2. The van der Waals surface area contributed by atoms with Crippen molar-refractivity contribution in [1.29, 1.82) is 0 Å². The molecule has 4 rings (SSSR count). The number of carbonyl (C=O) groups excluding carboxylic acids is 1. The Morgan fingerprint density at radius 3 is 2.24 bits per heavy atom. The second-order valence-corrected chi connectivity index (χ2v) is 7.96. The van der Waals surface area contributed by atoms with Crippen LogP contribution in [0.4, 0.5) is 17.1 Å². The second kappa shape index (κ2) is 11.1. The van der Waals surface area contributed by atoms with Crippen LogP contribution in [-0.2, 0) is 6.61 Å². The smallest absolute Gasteiger partial charge is 0.291 e. The highest BCUT2D eigenvalue weighted by atomic mass is 16.6. The van der Waals surface area contributed by atoms with Gasteiger partial charge in [-0.1, -0.05) is 0 Å². The van der Waals surface area contributed by atoms with Crippen LogP contribution in [0.25, 0.3) is 0 Å². The summed E-state index contributed by atoms with van der Waals surface area (Å²) in [6.07, 6.45) is 0. The van der Waals surface area contributed by atoms with Crippen molar-refractivity contribution in [3.63, 3.8) is 0 Å². The van der Waals surface area contributed by atoms with Crippen molar-refractivity contribution in [1.82, 2.24) is 0 Å². The van der Waals surface area contributed by atoms with Gasteiger partial charge in [-0.3, -0.25) is 25.0 Å². The predicted molar refractivity (Wildman–Crippen MR) is 135 cm³/mol. The van der Waals surface area contributed by atoms with Gasteiger partial charge in [0, 0.05) is 23.8 Å². The van der Waals surface area contributed by atoms with E-state index in [2.05, 4.69) is 5.32 Å². The number of rotatable bonds is 10. The summed E-state index contributed by atoms with van der Waals surface area (Å²) >= 11 is 0. The molecule has 0 saturated heterocycles. The summed E-state index contributed by atoms with van der Waals surface area (Å²) < 4.78 is 21.9. The summed E-state index contributed by atoms with van der Waals surface area (Å²) in [6, 6.07) is 17.8. The van der Waals surface area contributed by atoms with Gasteiger partial charge in [-0.15, -0.1) is 0 Å². The number of anilines is 1. The van der Waals surface area contributed by atoms with Crippen LogP contribution >= 0.6 is 0 Å². The van der Waals surface area contributed by atoms with Gasteiger partial charge in [0.25, 0.3) is 17.3 Å². The minimum atomic E-state index is -0.640. The van der Waals surface area contributed by atoms with Crippen LogP contribution in [0.1, 0.15) is 21.9 Å². The first-order valence-corrected chi connectivity index (χ1v) is 11.1. The number of benzene rings is 3. The molecule has 0 unspecified atom stereocenters. The third-order valence-corrected chi connectivity index (χ3v) is 5.29. The Labute approximate surface area is 215 Å². The molecule has 3 aromatic carbocycles. The molecule has 38 heavy (non-hydrogen) atoms. The van der Waals surface area contributed by atoms with Crippen LogP contribution in [0.2, 0.25) is 0 Å². The van der Waals surface area contributed by atoms with Crippen LogP contribution in [0.3, 0.4) is 0 Å². The number of non-ortho nitro benzene ring substituents is 1. The van der Waals surface area contributed by atoms with Gasteiger partial charge in [0.2, 0.25) is 0 Å². The summed E-state index contributed by atoms with van der Waals surface area (Å²) in [5, 5.41) is 24.9. The van der Waals surface area contributed by atoms with Crippen LogP contribution < -0.4 is 19.5 Å². The fraction of sp³-hybridized carbons (Fsp3) is 0.115. The lowest BCUT2D eigenvalue weighted by Crippen LogP contribution is -2.11. The monoisotopic (exact) mass is 519 g/mol. The summed E-state index contributed by atoms with van der Waals surface area (Å²) in [6.45, 7) is 1.57. The number of hydrogen-bond donors (Lipinski definition) is 1. The van der Waals surface area contributed by atoms with E-state index in [1.54, 1.807) is 37.3 Å². The number of nitro groups is 2. The van der Waals surface area contributed by atoms with Gasteiger partial charge in [0.05, 0.1) is 28.7 Å². The third-order valence-electron chi connectivity index (χ3n) is 5.29. The molecule has 0 spiro atoms. The number of nitro benzene ring substituents is 2. The Morgan fingerprint density at radius 1 is 0.868 bits per heavy atom. The van der Waals surface area contributed by atoms with Crippen molar-refractivity contribution in [3.05, 3.63) is 110 Å². The van der Waals surface area contributed by atoms with Crippen molar-refractivity contribution >= 4 is 23.0 Å². The molecule has 1 N–H and O–H groups in total. The second-order valence-electron chi connectivity index (χ2n) is 7.96. The largest absolute Gasteiger partial charge is 0.497 e. The minimum absolute atomic E-state index is 0.0204. The summed E-state index contributed by atoms with van der Waals surface area (Å²) in [7, 11) is 1.53. The molecular formula is C26H21N3O9. The van der Waals surface area contributed by atoms with Crippen molar-refractivity contribution < 1.29 is 33.3 Å². The Kier molecular flexibility index (Phi) is 7.52. The van der Waals surface area contributed by atoms with Gasteiger partial charge in [0.15, 0.2) is 5.76 Å². The Morgan fingerprint density at radius 2 is 1.58 bits per heavy atom. The van der Waals surface area contributed by atoms with E-state index in [9.17, 15) is 25.0 Å². The molecule has 0 aliphatic rings. The summed E-state index contributed by atoms with van der Waals surface area (Å²) in [4.78, 5) is 34.0. The lowest BCUT2D eigenvalue weighted by atomic mass is 10.2. The van der Waals surface area contributed by atoms with Crippen molar-refractivity contribution in [2.45, 2.75) is 13.5 Å². The lowest BCUT2D eigenvalue weighted by Gasteiger charge is -2.09. The van der Waals surface area contributed by atoms with Gasteiger partial charge in [-0.05, 0) is 55.5 Å². The molecule has 0 aliphatic heterocycles. The normalized spacial score (nSPS) is 10.5. The quantitative estimate of drug-likeness (QED) is 0.195. The first-order valence-electron chi connectivity index (χ1n) is 11.1. The molecule has 4 aromatic rings. The minimum Gasteiger partial charge on any atom is -0.497 e. The van der Waals surface area contributed by atoms with Gasteiger partial charge in [0.1, 0.15) is 35.4 Å². The Balaban J connectivity index is 1.43. The number of nitrogens with one attached hydrogen (secondary N) is 1. The van der Waals surface area contributed by atoms with Gasteiger partial charge in [-0.25, -0.2) is 0 Å². The SMILES string of the molecule is COc1ccc(Oc2cc(NC(=O)c3ccc(COc4ccc([N+](=O)[O-])c(C)c4)o3)cc([N+](=O)[O-])c2)cc1. The molecule has 194 valence electrons. The fourth-order valence-corrected chi connectivity index (χ4v) is 3.45. The maximum atomic E-state index is 12.7. The molecule has 0 fully saturated rings. The number of aryl methyl sites for hydroxylation is 1. The maximum Gasteiger partial charge on any atom is 0.291 e. The van der Waals surface area contributed by atoms with E-state index >= 15 is 0 Å². The number of nitrogens with zero attached hydrogens (tertiary/aromatic N) is 2. The van der Waals surface area contributed by atoms with E-state index in [0.717, 1.165) is 0 Å². The average molecular weight is 519 g/mol. The number of hydrogen-bond acceptors (Lipinski definition) is 9. The maximum absolute atomic E-state index is 12.7. The third kappa shape index (κ3) is 6.23. The van der Waals surface area contributed by atoms with E-state index in [1.807, 2.05) is 0 Å². The van der Waals surface area contributed by atoms with Crippen molar-refractivity contribution in [3.8, 4) is 23.0 Å². The molecule has 0 bridgehead atoms. The highest BCUT2D eigenvalue weighted by molar-refractivity contribution is 6.02. The molecule has 0 aliphatic carbocycles. The summed E-state index contributed by atoms with van der Waals surface area (Å²) in [5.74, 6) is 1.22. The molecule has 1 amide bonds. The molecule has 12 nitrogen and oxygen atoms in total. The Hall–Kier alpha value is -5.39. The van der Waals surface area contributed by atoms with Crippen molar-refractivity contribution in [2.75, 3.05) is 12.4 Å². The molecule has 0 atom stereocenters. The zero-order chi connectivity index (χ0) is 27.2. The predicted octanol–water partition coefficient (Wildman–Crippen LogP) is 6.04. The number of furan rings is 1. The molecular weight excluding hydrogens is 498 g/mol. The van der Waals surface area contributed by atoms with Gasteiger partial charge < -0.3 is 23.9 Å². The standard InChI is InChI=1S/C26H21N3O9/c1-16-11-21(7-9-24(16)29(33)34)36-15-22-8-10-25(38-22)26(30)27-17-12-18(28(31)32)14-23(13-17)37-20-5-3-19(35-2)4-6-20/h3-14H,15H2,1-2H3,(H,27,30). The van der Waals surface area contributed by atoms with Crippen LogP contribution in [0.15, 0.2) is 77.2 Å². The molecule has 0 saturated carbocycles. The van der Waals surface area contributed by atoms with Crippen LogP contribution in [0.5, 0.6) is 23.0 Å². The molecule has 1 heterocycles. The zero-order valence-corrected chi connectivity index (χ0v) is 20.2. The van der Waals surface area contributed by atoms with E-state index in [1.165, 1.54) is 49.6 Å². The number of methoxy groups -OCH3 is 1. The topological polar surface area (TPSA) is 156 Å². The van der Waals surface area contributed by atoms with E-state index in [-0.39, 0.29) is 35.2 Å². The van der Waals surface area contributed by atoms with E-state index in [4.69, 9.17) is 18.6 Å². The highest BCUT2D eigenvalue weighted by Gasteiger charge is 2.17. The molecule has 0 radical (unpaired) electrons. The fourth-order valence-electron chi connectivity index (χ4n) is 3.45.